The molecule has 0 atom stereocenters. The second-order valence-corrected chi connectivity index (χ2v) is 3.45. The zero-order chi connectivity index (χ0) is 11.7. The van der Waals surface area contributed by atoms with Crippen LogP contribution in [0.1, 0.15) is 10.4 Å². The Hall–Kier alpha value is -2.30. The number of anilines is 1. The maximum Gasteiger partial charge on any atom is 0.335 e. The fourth-order valence-corrected chi connectivity index (χ4v) is 1.58. The van der Waals surface area contributed by atoms with E-state index in [0.717, 1.165) is 11.3 Å². The first-order chi connectivity index (χ1) is 7.59. The zero-order valence-electron chi connectivity index (χ0n) is 8.71. The molecule has 0 aliphatic carbocycles. The van der Waals surface area contributed by atoms with Gasteiger partial charge in [-0.2, -0.15) is 5.10 Å². The van der Waals surface area contributed by atoms with Crippen LogP contribution in [0, 0.1) is 0 Å². The number of nitrogens with two attached hydrogens (primary N) is 1. The van der Waals surface area contributed by atoms with Gasteiger partial charge in [-0.1, -0.05) is 12.1 Å². The third kappa shape index (κ3) is 1.63. The molecule has 2 aromatic rings. The predicted molar refractivity (Wildman–Crippen MR) is 60.0 cm³/mol. The topological polar surface area (TPSA) is 81.1 Å². The van der Waals surface area contributed by atoms with Crippen molar-refractivity contribution in [1.82, 2.24) is 9.78 Å². The normalized spacial score (nSPS) is 10.3. The zero-order valence-corrected chi connectivity index (χ0v) is 8.71. The number of nitrogen functional groups attached to an aromatic ring is 1. The summed E-state index contributed by atoms with van der Waals surface area (Å²) in [6.07, 6.45) is 1.57. The van der Waals surface area contributed by atoms with Crippen LogP contribution in [-0.2, 0) is 7.05 Å². The molecule has 0 radical (unpaired) electrons. The van der Waals surface area contributed by atoms with E-state index in [4.69, 9.17) is 10.8 Å². The molecule has 1 heterocycles. The summed E-state index contributed by atoms with van der Waals surface area (Å²) in [6, 6.07) is 6.53. The second-order valence-electron chi connectivity index (χ2n) is 3.45. The maximum absolute atomic E-state index is 10.7. The van der Waals surface area contributed by atoms with Crippen molar-refractivity contribution in [1.29, 1.82) is 0 Å². The largest absolute Gasteiger partial charge is 0.478 e. The summed E-state index contributed by atoms with van der Waals surface area (Å²) in [5.74, 6) is -0.940. The molecule has 0 aliphatic heterocycles. The van der Waals surface area contributed by atoms with E-state index in [1.807, 2.05) is 0 Å². The van der Waals surface area contributed by atoms with Crippen molar-refractivity contribution in [2.24, 2.45) is 7.05 Å². The van der Waals surface area contributed by atoms with E-state index in [9.17, 15) is 4.79 Å². The van der Waals surface area contributed by atoms with Crippen molar-refractivity contribution < 1.29 is 9.90 Å². The molecule has 0 fully saturated rings. The lowest BCUT2D eigenvalue weighted by atomic mass is 10.1. The molecule has 0 spiro atoms. The van der Waals surface area contributed by atoms with Gasteiger partial charge in [-0.05, 0) is 12.1 Å². The third-order valence-electron chi connectivity index (χ3n) is 2.37. The molecule has 5 heteroatoms. The van der Waals surface area contributed by atoms with Gasteiger partial charge in [0.25, 0.3) is 0 Å². The number of carboxylic acid groups (broad SMARTS) is 1. The number of aromatic carboxylic acids is 1. The van der Waals surface area contributed by atoms with Gasteiger partial charge >= 0.3 is 5.97 Å². The van der Waals surface area contributed by atoms with Crippen LogP contribution in [0.25, 0.3) is 11.3 Å². The minimum Gasteiger partial charge on any atom is -0.478 e. The van der Waals surface area contributed by atoms with Crippen LogP contribution >= 0.6 is 0 Å². The fourth-order valence-electron chi connectivity index (χ4n) is 1.58. The van der Waals surface area contributed by atoms with Crippen molar-refractivity contribution in [3.63, 3.8) is 0 Å². The molecule has 2 rings (SSSR count). The summed E-state index contributed by atoms with van der Waals surface area (Å²) in [4.78, 5) is 10.7. The quantitative estimate of drug-likeness (QED) is 0.796. The van der Waals surface area contributed by atoms with E-state index >= 15 is 0 Å². The Balaban J connectivity index is 2.46. The van der Waals surface area contributed by atoms with Gasteiger partial charge in [0.15, 0.2) is 0 Å². The second kappa shape index (κ2) is 3.69. The van der Waals surface area contributed by atoms with E-state index in [1.54, 1.807) is 42.2 Å². The van der Waals surface area contributed by atoms with E-state index in [2.05, 4.69) is 5.10 Å². The number of carbonyl (C=O) groups is 1. The summed E-state index contributed by atoms with van der Waals surface area (Å²) < 4.78 is 1.66. The number of benzene rings is 1. The van der Waals surface area contributed by atoms with Crippen LogP contribution in [-0.4, -0.2) is 20.9 Å². The summed E-state index contributed by atoms with van der Waals surface area (Å²) in [6.45, 7) is 0. The fraction of sp³-hybridized carbons (Fsp3) is 0.0909. The number of hydrogen-bond acceptors (Lipinski definition) is 3. The lowest BCUT2D eigenvalue weighted by molar-refractivity contribution is 0.0697. The Bertz CT molecular complexity index is 509. The highest BCUT2D eigenvalue weighted by Crippen LogP contribution is 2.24. The van der Waals surface area contributed by atoms with Gasteiger partial charge in [-0.15, -0.1) is 0 Å². The van der Waals surface area contributed by atoms with Crippen molar-refractivity contribution in [3.8, 4) is 11.3 Å². The molecule has 0 saturated carbocycles. The van der Waals surface area contributed by atoms with Crippen molar-refractivity contribution in [2.75, 3.05) is 5.73 Å². The molecular formula is C11H11N3O2. The van der Waals surface area contributed by atoms with Crippen LogP contribution in [0.3, 0.4) is 0 Å². The maximum atomic E-state index is 10.7. The van der Waals surface area contributed by atoms with E-state index in [0.29, 0.717) is 5.69 Å². The lowest BCUT2D eigenvalue weighted by Gasteiger charge is -2.04. The lowest BCUT2D eigenvalue weighted by Crippen LogP contribution is -1.98. The Morgan fingerprint density at radius 1 is 1.38 bits per heavy atom. The number of aromatic nitrogens is 2. The molecule has 1 aromatic heterocycles. The molecule has 0 bridgehead atoms. The average molecular weight is 217 g/mol. The van der Waals surface area contributed by atoms with Gasteiger partial charge in [0, 0.05) is 12.6 Å². The SMILES string of the molecule is Cn1ncc(N)c1-c1ccc(C(=O)O)cc1. The first kappa shape index (κ1) is 10.2. The van der Waals surface area contributed by atoms with E-state index in [1.165, 1.54) is 0 Å². The van der Waals surface area contributed by atoms with Gasteiger partial charge in [0.2, 0.25) is 0 Å². The summed E-state index contributed by atoms with van der Waals surface area (Å²) in [5.41, 5.74) is 8.24. The molecule has 16 heavy (non-hydrogen) atoms. The first-order valence-corrected chi connectivity index (χ1v) is 4.71. The molecule has 0 unspecified atom stereocenters. The third-order valence-corrected chi connectivity index (χ3v) is 2.37. The first-order valence-electron chi connectivity index (χ1n) is 4.71. The van der Waals surface area contributed by atoms with Gasteiger partial charge in [0.1, 0.15) is 0 Å². The standard InChI is InChI=1S/C11H11N3O2/c1-14-10(9(12)6-13-14)7-2-4-8(5-3-7)11(15)16/h2-6H,12H2,1H3,(H,15,16). The van der Waals surface area contributed by atoms with Crippen LogP contribution < -0.4 is 5.73 Å². The molecule has 82 valence electrons. The molecule has 5 nitrogen and oxygen atoms in total. The monoisotopic (exact) mass is 217 g/mol. The molecule has 3 N–H and O–H groups in total. The number of aryl methyl sites for hydroxylation is 1. The van der Waals surface area contributed by atoms with Gasteiger partial charge < -0.3 is 10.8 Å². The van der Waals surface area contributed by atoms with Crippen molar-refractivity contribution in [2.45, 2.75) is 0 Å². The minimum atomic E-state index is -0.940. The van der Waals surface area contributed by atoms with Crippen LogP contribution in [0.2, 0.25) is 0 Å². The van der Waals surface area contributed by atoms with Crippen molar-refractivity contribution in [3.05, 3.63) is 36.0 Å². The molecule has 0 amide bonds. The smallest absolute Gasteiger partial charge is 0.335 e. The van der Waals surface area contributed by atoms with Crippen LogP contribution in [0.5, 0.6) is 0 Å². The minimum absolute atomic E-state index is 0.254. The highest BCUT2D eigenvalue weighted by atomic mass is 16.4. The molecule has 1 aromatic carbocycles. The Labute approximate surface area is 92.1 Å². The number of hydrogen-bond donors (Lipinski definition) is 2. The Kier molecular flexibility index (Phi) is 2.36. The van der Waals surface area contributed by atoms with Crippen molar-refractivity contribution >= 4 is 11.7 Å². The van der Waals surface area contributed by atoms with Crippen LogP contribution in [0.4, 0.5) is 5.69 Å². The molecule has 0 saturated heterocycles. The Morgan fingerprint density at radius 3 is 2.44 bits per heavy atom. The van der Waals surface area contributed by atoms with E-state index in [-0.39, 0.29) is 5.56 Å². The average Bonchev–Trinajstić information content (AvgIpc) is 2.59. The van der Waals surface area contributed by atoms with Gasteiger partial charge in [-0.3, -0.25) is 4.68 Å². The van der Waals surface area contributed by atoms with Gasteiger partial charge in [-0.25, -0.2) is 4.79 Å². The highest BCUT2D eigenvalue weighted by Gasteiger charge is 2.09. The van der Waals surface area contributed by atoms with E-state index < -0.39 is 5.97 Å². The summed E-state index contributed by atoms with van der Waals surface area (Å²) in [7, 11) is 1.79. The predicted octanol–water partition coefficient (Wildman–Crippen LogP) is 1.37. The summed E-state index contributed by atoms with van der Waals surface area (Å²) in [5, 5.41) is 12.8. The number of rotatable bonds is 2. The highest BCUT2D eigenvalue weighted by molar-refractivity contribution is 5.88. The number of nitrogens with zero attached hydrogens (tertiary/aromatic N) is 2. The summed E-state index contributed by atoms with van der Waals surface area (Å²) >= 11 is 0. The molecule has 0 aliphatic rings. The number of carboxylic acids is 1. The molecular weight excluding hydrogens is 206 g/mol. The van der Waals surface area contributed by atoms with Gasteiger partial charge in [0.05, 0.1) is 23.1 Å². The van der Waals surface area contributed by atoms with Crippen LogP contribution in [0.15, 0.2) is 30.5 Å². The Morgan fingerprint density at radius 2 is 2.00 bits per heavy atom.